The first kappa shape index (κ1) is 19.1. The van der Waals surface area contributed by atoms with Crippen LogP contribution in [0.3, 0.4) is 0 Å². The molecule has 2 aromatic carbocycles. The van der Waals surface area contributed by atoms with Crippen LogP contribution in [0.2, 0.25) is 0 Å². The maximum Gasteiger partial charge on any atom is 0.303 e. The van der Waals surface area contributed by atoms with Crippen LogP contribution in [0.4, 0.5) is 0 Å². The Balaban J connectivity index is 1.93. The van der Waals surface area contributed by atoms with Gasteiger partial charge >= 0.3 is 5.97 Å². The van der Waals surface area contributed by atoms with Gasteiger partial charge in [0.05, 0.1) is 0 Å². The van der Waals surface area contributed by atoms with Crippen molar-refractivity contribution in [1.82, 2.24) is 5.32 Å². The Morgan fingerprint density at radius 2 is 1.65 bits per heavy atom. The van der Waals surface area contributed by atoms with Gasteiger partial charge in [0.1, 0.15) is 0 Å². The van der Waals surface area contributed by atoms with Crippen LogP contribution in [-0.2, 0) is 4.79 Å². The fourth-order valence-corrected chi connectivity index (χ4v) is 2.34. The minimum atomic E-state index is -0.882. The fourth-order valence-electron chi connectivity index (χ4n) is 2.34. The number of rotatable bonds is 8. The van der Waals surface area contributed by atoms with Gasteiger partial charge < -0.3 is 10.4 Å². The molecule has 1 unspecified atom stereocenters. The molecule has 0 aliphatic heterocycles. The van der Waals surface area contributed by atoms with Crippen molar-refractivity contribution < 1.29 is 19.5 Å². The summed E-state index contributed by atoms with van der Waals surface area (Å²) < 4.78 is 0. The third-order valence-electron chi connectivity index (χ3n) is 3.83. The average Bonchev–Trinajstić information content (AvgIpc) is 2.65. The molecule has 1 atom stereocenters. The van der Waals surface area contributed by atoms with Gasteiger partial charge in [-0.05, 0) is 37.1 Å². The minimum absolute atomic E-state index is 0.0145. The number of ketones is 1. The molecule has 0 spiro atoms. The lowest BCUT2D eigenvalue weighted by Crippen LogP contribution is -2.32. The van der Waals surface area contributed by atoms with E-state index < -0.39 is 5.97 Å². The van der Waals surface area contributed by atoms with Gasteiger partial charge in [0.25, 0.3) is 5.91 Å². The van der Waals surface area contributed by atoms with Crippen molar-refractivity contribution in [3.63, 3.8) is 0 Å². The van der Waals surface area contributed by atoms with E-state index >= 15 is 0 Å². The maximum atomic E-state index is 12.1. The zero-order chi connectivity index (χ0) is 18.9. The Hall–Kier alpha value is -3.21. The third-order valence-corrected chi connectivity index (χ3v) is 3.83. The minimum Gasteiger partial charge on any atom is -0.481 e. The standard InChI is InChI=1S/C21H21NO4/c1-15(7-14-20(24)25)22-21(26)18-11-8-16(9-12-18)10-13-19(23)17-5-3-2-4-6-17/h2-6,8-13,15H,7,14H2,1H3,(H,22,26)(H,24,25)/b13-10+. The van der Waals surface area contributed by atoms with Crippen molar-refractivity contribution in [1.29, 1.82) is 0 Å². The first-order valence-corrected chi connectivity index (χ1v) is 8.36. The van der Waals surface area contributed by atoms with Crippen LogP contribution in [0.5, 0.6) is 0 Å². The van der Waals surface area contributed by atoms with E-state index in [1.807, 2.05) is 18.2 Å². The molecule has 1 amide bonds. The lowest BCUT2D eigenvalue weighted by molar-refractivity contribution is -0.137. The normalized spacial score (nSPS) is 11.9. The Labute approximate surface area is 152 Å². The lowest BCUT2D eigenvalue weighted by Gasteiger charge is -2.12. The summed E-state index contributed by atoms with van der Waals surface area (Å²) in [6.45, 7) is 1.77. The van der Waals surface area contributed by atoms with Gasteiger partial charge in [0.15, 0.2) is 5.78 Å². The van der Waals surface area contributed by atoms with E-state index in [4.69, 9.17) is 5.11 Å². The van der Waals surface area contributed by atoms with Crippen LogP contribution in [0.25, 0.3) is 6.08 Å². The molecule has 0 saturated heterocycles. The van der Waals surface area contributed by atoms with Gasteiger partial charge in [0, 0.05) is 23.6 Å². The molecule has 2 rings (SSSR count). The van der Waals surface area contributed by atoms with Gasteiger partial charge in [-0.15, -0.1) is 0 Å². The number of carboxylic acid groups (broad SMARTS) is 1. The molecule has 0 bridgehead atoms. The van der Waals surface area contributed by atoms with Crippen LogP contribution < -0.4 is 5.32 Å². The van der Waals surface area contributed by atoms with Crippen molar-refractivity contribution in [2.75, 3.05) is 0 Å². The molecule has 0 aliphatic rings. The predicted octanol–water partition coefficient (Wildman–Crippen LogP) is 3.57. The second-order valence-corrected chi connectivity index (χ2v) is 5.99. The highest BCUT2D eigenvalue weighted by Gasteiger charge is 2.11. The fraction of sp³-hybridized carbons (Fsp3) is 0.190. The third kappa shape index (κ3) is 6.02. The number of carboxylic acids is 1. The van der Waals surface area contributed by atoms with Gasteiger partial charge in [-0.1, -0.05) is 48.5 Å². The highest BCUT2D eigenvalue weighted by molar-refractivity contribution is 6.06. The number of carbonyl (C=O) groups excluding carboxylic acids is 2. The second kappa shape index (κ2) is 9.32. The number of carbonyl (C=O) groups is 3. The number of nitrogens with one attached hydrogen (secondary N) is 1. The summed E-state index contributed by atoms with van der Waals surface area (Å²) >= 11 is 0. The summed E-state index contributed by atoms with van der Waals surface area (Å²) in [5.41, 5.74) is 1.92. The predicted molar refractivity (Wildman–Crippen MR) is 100 cm³/mol. The molecule has 5 heteroatoms. The zero-order valence-electron chi connectivity index (χ0n) is 14.5. The summed E-state index contributed by atoms with van der Waals surface area (Å²) in [6, 6.07) is 15.6. The van der Waals surface area contributed by atoms with Gasteiger partial charge in [-0.3, -0.25) is 14.4 Å². The number of amides is 1. The molecule has 2 N–H and O–H groups in total. The molecular formula is C21H21NO4. The van der Waals surface area contributed by atoms with Crippen molar-refractivity contribution in [2.45, 2.75) is 25.8 Å². The van der Waals surface area contributed by atoms with E-state index in [0.29, 0.717) is 17.5 Å². The molecule has 0 saturated carbocycles. The lowest BCUT2D eigenvalue weighted by atomic mass is 10.1. The topological polar surface area (TPSA) is 83.5 Å². The van der Waals surface area contributed by atoms with Crippen LogP contribution in [-0.4, -0.2) is 28.8 Å². The molecule has 0 heterocycles. The molecule has 0 aromatic heterocycles. The Morgan fingerprint density at radius 3 is 2.27 bits per heavy atom. The van der Waals surface area contributed by atoms with Gasteiger partial charge in [0.2, 0.25) is 0 Å². The summed E-state index contributed by atoms with van der Waals surface area (Å²) in [4.78, 5) is 34.7. The first-order chi connectivity index (χ1) is 12.5. The summed E-state index contributed by atoms with van der Waals surface area (Å²) in [5.74, 6) is -1.22. The summed E-state index contributed by atoms with van der Waals surface area (Å²) in [5, 5.41) is 11.4. The largest absolute Gasteiger partial charge is 0.481 e. The molecule has 134 valence electrons. The highest BCUT2D eigenvalue weighted by Crippen LogP contribution is 2.09. The summed E-state index contributed by atoms with van der Waals surface area (Å²) in [6.07, 6.45) is 3.59. The van der Waals surface area contributed by atoms with E-state index in [9.17, 15) is 14.4 Å². The summed E-state index contributed by atoms with van der Waals surface area (Å²) in [7, 11) is 0. The Morgan fingerprint density at radius 1 is 1.00 bits per heavy atom. The van der Waals surface area contributed by atoms with Crippen molar-refractivity contribution in [2.24, 2.45) is 0 Å². The van der Waals surface area contributed by atoms with E-state index in [2.05, 4.69) is 5.32 Å². The van der Waals surface area contributed by atoms with Crippen molar-refractivity contribution in [3.8, 4) is 0 Å². The van der Waals surface area contributed by atoms with Crippen LogP contribution in [0.1, 0.15) is 46.0 Å². The first-order valence-electron chi connectivity index (χ1n) is 8.36. The monoisotopic (exact) mass is 351 g/mol. The van der Waals surface area contributed by atoms with E-state index in [0.717, 1.165) is 5.56 Å². The molecule has 0 aliphatic carbocycles. The van der Waals surface area contributed by atoms with E-state index in [1.54, 1.807) is 49.4 Å². The van der Waals surface area contributed by atoms with Crippen LogP contribution >= 0.6 is 0 Å². The maximum absolute atomic E-state index is 12.1. The molecule has 26 heavy (non-hydrogen) atoms. The van der Waals surface area contributed by atoms with Gasteiger partial charge in [-0.25, -0.2) is 0 Å². The highest BCUT2D eigenvalue weighted by atomic mass is 16.4. The number of allylic oxidation sites excluding steroid dienone is 1. The molecule has 0 fully saturated rings. The number of hydrogen-bond acceptors (Lipinski definition) is 3. The number of benzene rings is 2. The molecule has 5 nitrogen and oxygen atoms in total. The van der Waals surface area contributed by atoms with E-state index in [-0.39, 0.29) is 24.2 Å². The quantitative estimate of drug-likeness (QED) is 0.562. The zero-order valence-corrected chi connectivity index (χ0v) is 14.5. The molecule has 0 radical (unpaired) electrons. The second-order valence-electron chi connectivity index (χ2n) is 5.99. The molecule has 2 aromatic rings. The SMILES string of the molecule is CC(CCC(=O)O)NC(=O)c1ccc(/C=C/C(=O)c2ccccc2)cc1. The van der Waals surface area contributed by atoms with Crippen molar-refractivity contribution in [3.05, 3.63) is 77.4 Å². The molecular weight excluding hydrogens is 330 g/mol. The smallest absolute Gasteiger partial charge is 0.303 e. The van der Waals surface area contributed by atoms with Crippen LogP contribution in [0, 0.1) is 0 Å². The number of aliphatic carboxylic acids is 1. The number of hydrogen-bond donors (Lipinski definition) is 2. The average molecular weight is 351 g/mol. The van der Waals surface area contributed by atoms with Gasteiger partial charge in [-0.2, -0.15) is 0 Å². The van der Waals surface area contributed by atoms with Crippen molar-refractivity contribution >= 4 is 23.7 Å². The Kier molecular flexibility index (Phi) is 6.85. The van der Waals surface area contributed by atoms with E-state index in [1.165, 1.54) is 6.08 Å². The Bertz CT molecular complexity index is 795. The van der Waals surface area contributed by atoms with Crippen LogP contribution in [0.15, 0.2) is 60.7 Å².